The lowest BCUT2D eigenvalue weighted by molar-refractivity contribution is 0.102. The lowest BCUT2D eigenvalue weighted by atomic mass is 10.2. The van der Waals surface area contributed by atoms with Crippen molar-refractivity contribution in [1.29, 1.82) is 0 Å². The summed E-state index contributed by atoms with van der Waals surface area (Å²) < 4.78 is 7.84. The Balaban J connectivity index is 1.28. The molecule has 3 heterocycles. The number of aromatic amines is 1. The van der Waals surface area contributed by atoms with Crippen LogP contribution in [0.3, 0.4) is 0 Å². The van der Waals surface area contributed by atoms with Crippen molar-refractivity contribution < 1.29 is 9.53 Å². The SMILES string of the molecule is Cc1ccc2nc(COc3cccc(C(=O)Nc4nc5ccccc5[nH]4)c3)cn2c1. The highest BCUT2D eigenvalue weighted by atomic mass is 16.5. The van der Waals surface area contributed by atoms with Crippen molar-refractivity contribution in [1.82, 2.24) is 19.4 Å². The first-order chi connectivity index (χ1) is 14.6. The molecule has 5 rings (SSSR count). The molecule has 7 nitrogen and oxygen atoms in total. The quantitative estimate of drug-likeness (QED) is 0.462. The molecule has 5 aromatic rings. The summed E-state index contributed by atoms with van der Waals surface area (Å²) in [5, 5.41) is 2.79. The van der Waals surface area contributed by atoms with E-state index in [1.807, 2.05) is 66.2 Å². The number of carbonyl (C=O) groups excluding carboxylic acids is 1. The number of rotatable bonds is 5. The van der Waals surface area contributed by atoms with E-state index < -0.39 is 0 Å². The zero-order chi connectivity index (χ0) is 20.5. The molecule has 1 amide bonds. The molecular weight excluding hydrogens is 378 g/mol. The Bertz CT molecular complexity index is 1340. The zero-order valence-electron chi connectivity index (χ0n) is 16.3. The number of aromatic nitrogens is 4. The molecule has 0 saturated carbocycles. The Morgan fingerprint density at radius 2 is 1.97 bits per heavy atom. The Labute approximate surface area is 172 Å². The predicted molar refractivity (Wildman–Crippen MR) is 115 cm³/mol. The molecule has 0 saturated heterocycles. The molecule has 7 heteroatoms. The molecule has 0 aliphatic heterocycles. The van der Waals surface area contributed by atoms with E-state index in [4.69, 9.17) is 4.74 Å². The second kappa shape index (κ2) is 7.36. The third kappa shape index (κ3) is 3.60. The number of anilines is 1. The molecule has 0 bridgehead atoms. The van der Waals surface area contributed by atoms with Gasteiger partial charge in [0.1, 0.15) is 18.0 Å². The normalized spacial score (nSPS) is 11.1. The summed E-state index contributed by atoms with van der Waals surface area (Å²) in [7, 11) is 0. The molecule has 0 fully saturated rings. The molecule has 0 spiro atoms. The maximum absolute atomic E-state index is 12.6. The zero-order valence-corrected chi connectivity index (χ0v) is 16.3. The van der Waals surface area contributed by atoms with E-state index in [9.17, 15) is 4.79 Å². The fraction of sp³-hybridized carbons (Fsp3) is 0.0870. The number of nitrogens with zero attached hydrogens (tertiary/aromatic N) is 3. The van der Waals surface area contributed by atoms with Crippen LogP contribution in [0.5, 0.6) is 5.75 Å². The molecule has 0 atom stereocenters. The number of H-pyrrole nitrogens is 1. The van der Waals surface area contributed by atoms with E-state index in [1.165, 1.54) is 0 Å². The number of fused-ring (bicyclic) bond motifs is 2. The number of amides is 1. The van der Waals surface area contributed by atoms with Crippen molar-refractivity contribution in [3.05, 3.63) is 89.9 Å². The van der Waals surface area contributed by atoms with Gasteiger partial charge in [-0.2, -0.15) is 0 Å². The summed E-state index contributed by atoms with van der Waals surface area (Å²) in [5.41, 5.74) is 5.00. The summed E-state index contributed by atoms with van der Waals surface area (Å²) in [4.78, 5) is 24.6. The average molecular weight is 397 g/mol. The van der Waals surface area contributed by atoms with Crippen molar-refractivity contribution in [2.75, 3.05) is 5.32 Å². The van der Waals surface area contributed by atoms with Gasteiger partial charge in [0.2, 0.25) is 5.95 Å². The highest BCUT2D eigenvalue weighted by Crippen LogP contribution is 2.18. The molecule has 0 radical (unpaired) electrons. The molecule has 0 aliphatic carbocycles. The first-order valence-corrected chi connectivity index (χ1v) is 9.57. The number of ether oxygens (including phenoxy) is 1. The number of imidazole rings is 2. The Hall–Kier alpha value is -4.13. The van der Waals surface area contributed by atoms with Crippen LogP contribution in [0, 0.1) is 6.92 Å². The van der Waals surface area contributed by atoms with Gasteiger partial charge < -0.3 is 14.1 Å². The van der Waals surface area contributed by atoms with E-state index in [0.29, 0.717) is 23.9 Å². The fourth-order valence-corrected chi connectivity index (χ4v) is 3.30. The van der Waals surface area contributed by atoms with Crippen LogP contribution in [0.2, 0.25) is 0 Å². The number of para-hydroxylation sites is 2. The topological polar surface area (TPSA) is 84.3 Å². The highest BCUT2D eigenvalue weighted by Gasteiger charge is 2.11. The lowest BCUT2D eigenvalue weighted by Crippen LogP contribution is -2.13. The van der Waals surface area contributed by atoms with Gasteiger partial charge in [-0.3, -0.25) is 10.1 Å². The molecule has 148 valence electrons. The van der Waals surface area contributed by atoms with Crippen LogP contribution in [0.25, 0.3) is 16.7 Å². The Morgan fingerprint density at radius 1 is 1.07 bits per heavy atom. The van der Waals surface area contributed by atoms with E-state index in [0.717, 1.165) is 27.9 Å². The van der Waals surface area contributed by atoms with Gasteiger partial charge in [-0.25, -0.2) is 9.97 Å². The number of aryl methyl sites for hydroxylation is 1. The number of carbonyl (C=O) groups is 1. The molecule has 2 aromatic carbocycles. The molecule has 3 aromatic heterocycles. The Morgan fingerprint density at radius 3 is 2.87 bits per heavy atom. The summed E-state index contributed by atoms with van der Waals surface area (Å²) in [6, 6.07) is 18.7. The number of nitrogens with one attached hydrogen (secondary N) is 2. The second-order valence-electron chi connectivity index (χ2n) is 7.08. The summed E-state index contributed by atoms with van der Waals surface area (Å²) in [6.07, 6.45) is 3.97. The number of benzene rings is 2. The van der Waals surface area contributed by atoms with Crippen LogP contribution < -0.4 is 10.1 Å². The van der Waals surface area contributed by atoms with Crippen molar-refractivity contribution >= 4 is 28.5 Å². The van der Waals surface area contributed by atoms with E-state index in [1.54, 1.807) is 18.2 Å². The van der Waals surface area contributed by atoms with Crippen molar-refractivity contribution in [2.24, 2.45) is 0 Å². The molecule has 0 aliphatic rings. The van der Waals surface area contributed by atoms with E-state index >= 15 is 0 Å². The van der Waals surface area contributed by atoms with Gasteiger partial charge in [0.25, 0.3) is 5.91 Å². The van der Waals surface area contributed by atoms with Gasteiger partial charge in [-0.1, -0.05) is 24.3 Å². The van der Waals surface area contributed by atoms with Crippen LogP contribution in [-0.4, -0.2) is 25.3 Å². The maximum atomic E-state index is 12.6. The number of hydrogen-bond donors (Lipinski definition) is 2. The van der Waals surface area contributed by atoms with Gasteiger partial charge in [-0.15, -0.1) is 0 Å². The van der Waals surface area contributed by atoms with Crippen LogP contribution in [0.4, 0.5) is 5.95 Å². The van der Waals surface area contributed by atoms with Crippen LogP contribution >= 0.6 is 0 Å². The Kier molecular flexibility index (Phi) is 4.40. The summed E-state index contributed by atoms with van der Waals surface area (Å²) in [5.74, 6) is 0.746. The second-order valence-corrected chi connectivity index (χ2v) is 7.08. The molecular formula is C23H19N5O2. The van der Waals surface area contributed by atoms with Gasteiger partial charge in [0.05, 0.1) is 16.7 Å². The highest BCUT2D eigenvalue weighted by molar-refractivity contribution is 6.04. The number of hydrogen-bond acceptors (Lipinski definition) is 4. The maximum Gasteiger partial charge on any atom is 0.258 e. The minimum atomic E-state index is -0.261. The van der Waals surface area contributed by atoms with Gasteiger partial charge in [0, 0.05) is 18.0 Å². The van der Waals surface area contributed by atoms with E-state index in [-0.39, 0.29) is 5.91 Å². The lowest BCUT2D eigenvalue weighted by Gasteiger charge is -2.07. The minimum absolute atomic E-state index is 0.261. The third-order valence-electron chi connectivity index (χ3n) is 4.75. The largest absolute Gasteiger partial charge is 0.487 e. The fourth-order valence-electron chi connectivity index (χ4n) is 3.30. The predicted octanol–water partition coefficient (Wildman–Crippen LogP) is 4.35. The van der Waals surface area contributed by atoms with Crippen LogP contribution in [-0.2, 0) is 6.61 Å². The minimum Gasteiger partial charge on any atom is -0.487 e. The van der Waals surface area contributed by atoms with Gasteiger partial charge in [-0.05, 0) is 48.9 Å². The molecule has 0 unspecified atom stereocenters. The third-order valence-corrected chi connectivity index (χ3v) is 4.75. The standard InChI is InChI=1S/C23H19N5O2/c1-15-9-10-21-24-17(13-28(21)12-15)14-30-18-6-4-5-16(11-18)22(29)27-23-25-19-7-2-3-8-20(19)26-23/h2-13H,14H2,1H3,(H2,25,26,27,29). The van der Waals surface area contributed by atoms with Crippen molar-refractivity contribution in [3.8, 4) is 5.75 Å². The summed E-state index contributed by atoms with van der Waals surface area (Å²) in [6.45, 7) is 2.35. The van der Waals surface area contributed by atoms with Crippen LogP contribution in [0.15, 0.2) is 73.1 Å². The van der Waals surface area contributed by atoms with Crippen LogP contribution in [0.1, 0.15) is 21.6 Å². The van der Waals surface area contributed by atoms with E-state index in [2.05, 4.69) is 20.3 Å². The average Bonchev–Trinajstić information content (AvgIpc) is 3.35. The van der Waals surface area contributed by atoms with Gasteiger partial charge >= 0.3 is 0 Å². The molecule has 30 heavy (non-hydrogen) atoms. The smallest absolute Gasteiger partial charge is 0.258 e. The first kappa shape index (κ1) is 17.9. The van der Waals surface area contributed by atoms with Crippen molar-refractivity contribution in [2.45, 2.75) is 13.5 Å². The molecule has 2 N–H and O–H groups in total. The number of pyridine rings is 1. The van der Waals surface area contributed by atoms with Gasteiger partial charge in [0.15, 0.2) is 0 Å². The monoisotopic (exact) mass is 397 g/mol. The first-order valence-electron chi connectivity index (χ1n) is 9.57. The van der Waals surface area contributed by atoms with Crippen molar-refractivity contribution in [3.63, 3.8) is 0 Å². The summed E-state index contributed by atoms with van der Waals surface area (Å²) >= 11 is 0.